The van der Waals surface area contributed by atoms with E-state index in [0.717, 1.165) is 23.8 Å². The number of rotatable bonds is 9. The van der Waals surface area contributed by atoms with E-state index < -0.39 is 0 Å². The Labute approximate surface area is 121 Å². The van der Waals surface area contributed by atoms with Crippen molar-refractivity contribution < 1.29 is 9.47 Å². The van der Waals surface area contributed by atoms with Crippen LogP contribution in [0.25, 0.3) is 0 Å². The highest BCUT2D eigenvalue weighted by molar-refractivity contribution is 7.99. The maximum atomic E-state index is 5.58. The Morgan fingerprint density at radius 3 is 2.68 bits per heavy atom. The van der Waals surface area contributed by atoms with Crippen molar-refractivity contribution in [1.82, 2.24) is 5.32 Å². The highest BCUT2D eigenvalue weighted by atomic mass is 32.2. The second-order valence-corrected chi connectivity index (χ2v) is 5.68. The largest absolute Gasteiger partial charge is 0.493 e. The predicted octanol–water partition coefficient (Wildman–Crippen LogP) is 3.33. The highest BCUT2D eigenvalue weighted by Crippen LogP contribution is 2.28. The lowest BCUT2D eigenvalue weighted by Crippen LogP contribution is -2.27. The Bertz CT molecular complexity index is 371. The van der Waals surface area contributed by atoms with Gasteiger partial charge in [-0.25, -0.2) is 0 Å². The molecule has 3 nitrogen and oxygen atoms in total. The molecule has 0 bridgehead atoms. The molecule has 0 aliphatic heterocycles. The van der Waals surface area contributed by atoms with Crippen LogP contribution in [0.1, 0.15) is 26.3 Å². The van der Waals surface area contributed by atoms with Gasteiger partial charge in [0.1, 0.15) is 0 Å². The standard InChI is InChI=1S/C15H25NO2S/c1-5-18-15-9-13(7-8-14(15)17-4)10-16-12(3)11-19-6-2/h7-9,12,16H,5-6,10-11H2,1-4H3. The van der Waals surface area contributed by atoms with Crippen molar-refractivity contribution in [3.63, 3.8) is 0 Å². The summed E-state index contributed by atoms with van der Waals surface area (Å²) >= 11 is 1.96. The average Bonchev–Trinajstić information content (AvgIpc) is 2.43. The predicted molar refractivity (Wildman–Crippen MR) is 83.5 cm³/mol. The van der Waals surface area contributed by atoms with Gasteiger partial charge >= 0.3 is 0 Å². The maximum Gasteiger partial charge on any atom is 0.161 e. The van der Waals surface area contributed by atoms with Gasteiger partial charge in [-0.1, -0.05) is 13.0 Å². The first-order valence-electron chi connectivity index (χ1n) is 6.82. The van der Waals surface area contributed by atoms with Crippen molar-refractivity contribution >= 4 is 11.8 Å². The van der Waals surface area contributed by atoms with Crippen LogP contribution >= 0.6 is 11.8 Å². The summed E-state index contributed by atoms with van der Waals surface area (Å²) in [5, 5.41) is 3.52. The molecule has 0 aliphatic rings. The van der Waals surface area contributed by atoms with E-state index in [0.29, 0.717) is 12.6 Å². The van der Waals surface area contributed by atoms with Crippen LogP contribution in [0.4, 0.5) is 0 Å². The number of nitrogens with one attached hydrogen (secondary N) is 1. The van der Waals surface area contributed by atoms with E-state index in [1.165, 1.54) is 11.3 Å². The minimum absolute atomic E-state index is 0.516. The van der Waals surface area contributed by atoms with Crippen LogP contribution in [0.2, 0.25) is 0 Å². The Morgan fingerprint density at radius 1 is 1.26 bits per heavy atom. The molecule has 0 aromatic heterocycles. The lowest BCUT2D eigenvalue weighted by molar-refractivity contribution is 0.310. The SMILES string of the molecule is CCOc1cc(CNC(C)CSCC)ccc1OC. The minimum Gasteiger partial charge on any atom is -0.493 e. The zero-order valence-electron chi connectivity index (χ0n) is 12.4. The molecular formula is C15H25NO2S. The van der Waals surface area contributed by atoms with Gasteiger partial charge in [-0.15, -0.1) is 0 Å². The van der Waals surface area contributed by atoms with E-state index in [4.69, 9.17) is 9.47 Å². The Kier molecular flexibility index (Phi) is 7.75. The summed E-state index contributed by atoms with van der Waals surface area (Å²) in [6.07, 6.45) is 0. The monoisotopic (exact) mass is 283 g/mol. The van der Waals surface area contributed by atoms with Crippen LogP contribution in [0.5, 0.6) is 11.5 Å². The molecule has 4 heteroatoms. The summed E-state index contributed by atoms with van der Waals surface area (Å²) in [5.41, 5.74) is 1.22. The smallest absolute Gasteiger partial charge is 0.161 e. The molecule has 0 radical (unpaired) electrons. The Morgan fingerprint density at radius 2 is 2.05 bits per heavy atom. The van der Waals surface area contributed by atoms with Crippen LogP contribution in [0, 0.1) is 0 Å². The number of thioether (sulfide) groups is 1. The van der Waals surface area contributed by atoms with Crippen molar-refractivity contribution in [2.75, 3.05) is 25.2 Å². The number of benzene rings is 1. The van der Waals surface area contributed by atoms with E-state index >= 15 is 0 Å². The third kappa shape index (κ3) is 5.74. The minimum atomic E-state index is 0.516. The molecule has 19 heavy (non-hydrogen) atoms. The molecule has 0 heterocycles. The summed E-state index contributed by atoms with van der Waals surface area (Å²) in [7, 11) is 1.67. The van der Waals surface area contributed by atoms with Gasteiger partial charge in [-0.3, -0.25) is 0 Å². The number of ether oxygens (including phenoxy) is 2. The van der Waals surface area contributed by atoms with Gasteiger partial charge in [0, 0.05) is 18.3 Å². The van der Waals surface area contributed by atoms with Crippen molar-refractivity contribution in [1.29, 1.82) is 0 Å². The Hall–Kier alpha value is -0.870. The lowest BCUT2D eigenvalue weighted by Gasteiger charge is -2.15. The zero-order valence-corrected chi connectivity index (χ0v) is 13.2. The molecule has 108 valence electrons. The summed E-state index contributed by atoms with van der Waals surface area (Å²) in [6.45, 7) is 7.89. The Balaban J connectivity index is 2.56. The number of hydrogen-bond donors (Lipinski definition) is 1. The molecule has 1 aromatic carbocycles. The van der Waals surface area contributed by atoms with E-state index in [1.807, 2.05) is 24.8 Å². The second-order valence-electron chi connectivity index (χ2n) is 4.36. The molecule has 0 saturated heterocycles. The molecule has 0 fully saturated rings. The summed E-state index contributed by atoms with van der Waals surface area (Å²) < 4.78 is 10.9. The van der Waals surface area contributed by atoms with Crippen LogP contribution in [-0.4, -0.2) is 31.3 Å². The fraction of sp³-hybridized carbons (Fsp3) is 0.600. The third-order valence-electron chi connectivity index (χ3n) is 2.75. The molecule has 1 rings (SSSR count). The van der Waals surface area contributed by atoms with Crippen molar-refractivity contribution in [2.24, 2.45) is 0 Å². The molecule has 1 unspecified atom stereocenters. The van der Waals surface area contributed by atoms with Gasteiger partial charge in [0.25, 0.3) is 0 Å². The molecule has 0 saturated carbocycles. The molecule has 1 atom stereocenters. The first-order chi connectivity index (χ1) is 9.21. The second kappa shape index (κ2) is 9.10. The average molecular weight is 283 g/mol. The third-order valence-corrected chi connectivity index (χ3v) is 3.90. The maximum absolute atomic E-state index is 5.58. The van der Waals surface area contributed by atoms with Gasteiger partial charge in [0.15, 0.2) is 11.5 Å². The molecule has 0 amide bonds. The summed E-state index contributed by atoms with van der Waals surface area (Å²) in [5.74, 6) is 3.92. The van der Waals surface area contributed by atoms with Gasteiger partial charge < -0.3 is 14.8 Å². The molecule has 1 aromatic rings. The first-order valence-corrected chi connectivity index (χ1v) is 7.97. The summed E-state index contributed by atoms with van der Waals surface area (Å²) in [4.78, 5) is 0. The molecular weight excluding hydrogens is 258 g/mol. The topological polar surface area (TPSA) is 30.5 Å². The molecule has 1 N–H and O–H groups in total. The number of methoxy groups -OCH3 is 1. The van der Waals surface area contributed by atoms with Crippen LogP contribution in [0.15, 0.2) is 18.2 Å². The number of hydrogen-bond acceptors (Lipinski definition) is 4. The van der Waals surface area contributed by atoms with Gasteiger partial charge in [-0.2, -0.15) is 11.8 Å². The van der Waals surface area contributed by atoms with E-state index in [2.05, 4.69) is 31.3 Å². The fourth-order valence-corrected chi connectivity index (χ4v) is 2.45. The zero-order chi connectivity index (χ0) is 14.1. The van der Waals surface area contributed by atoms with Crippen molar-refractivity contribution in [3.05, 3.63) is 23.8 Å². The fourth-order valence-electron chi connectivity index (χ4n) is 1.75. The normalized spacial score (nSPS) is 12.2. The quantitative estimate of drug-likeness (QED) is 0.753. The van der Waals surface area contributed by atoms with Gasteiger partial charge in [-0.05, 0) is 37.3 Å². The molecule has 0 aliphatic carbocycles. The van der Waals surface area contributed by atoms with Gasteiger partial charge in [0.2, 0.25) is 0 Å². The lowest BCUT2D eigenvalue weighted by atomic mass is 10.2. The van der Waals surface area contributed by atoms with Crippen LogP contribution in [0.3, 0.4) is 0 Å². The van der Waals surface area contributed by atoms with Crippen LogP contribution < -0.4 is 14.8 Å². The molecule has 0 spiro atoms. The van der Waals surface area contributed by atoms with Crippen molar-refractivity contribution in [3.8, 4) is 11.5 Å². The highest BCUT2D eigenvalue weighted by Gasteiger charge is 2.06. The summed E-state index contributed by atoms with van der Waals surface area (Å²) in [6, 6.07) is 6.61. The van der Waals surface area contributed by atoms with E-state index in [9.17, 15) is 0 Å². The van der Waals surface area contributed by atoms with E-state index in [1.54, 1.807) is 7.11 Å². The van der Waals surface area contributed by atoms with E-state index in [-0.39, 0.29) is 0 Å². The van der Waals surface area contributed by atoms with Gasteiger partial charge in [0.05, 0.1) is 13.7 Å². The van der Waals surface area contributed by atoms with Crippen molar-refractivity contribution in [2.45, 2.75) is 33.4 Å². The van der Waals surface area contributed by atoms with Crippen LogP contribution in [-0.2, 0) is 6.54 Å². The first kappa shape index (κ1) is 16.2.